The van der Waals surface area contributed by atoms with Crippen LogP contribution in [0.2, 0.25) is 0 Å². The summed E-state index contributed by atoms with van der Waals surface area (Å²) in [6, 6.07) is 9.92. The van der Waals surface area contributed by atoms with Crippen LogP contribution in [-0.4, -0.2) is 9.97 Å². The van der Waals surface area contributed by atoms with Gasteiger partial charge in [-0.15, -0.1) is 0 Å². The van der Waals surface area contributed by atoms with Gasteiger partial charge in [-0.2, -0.15) is 5.26 Å². The van der Waals surface area contributed by atoms with E-state index in [1.807, 2.05) is 19.1 Å². The van der Waals surface area contributed by atoms with Crippen LogP contribution in [0.15, 0.2) is 30.3 Å². The molecule has 0 atom stereocenters. The van der Waals surface area contributed by atoms with Gasteiger partial charge in [0.25, 0.3) is 0 Å². The predicted molar refractivity (Wildman–Crippen MR) is 61.5 cm³/mol. The van der Waals surface area contributed by atoms with Gasteiger partial charge in [0.05, 0.1) is 18.2 Å². The maximum absolute atomic E-state index is 12.8. The third-order valence-electron chi connectivity index (χ3n) is 2.28. The van der Waals surface area contributed by atoms with Gasteiger partial charge in [0.2, 0.25) is 0 Å². The molecular weight excluding hydrogens is 217 g/mol. The Morgan fingerprint density at radius 3 is 2.59 bits per heavy atom. The minimum Gasteiger partial charge on any atom is -0.237 e. The highest BCUT2D eigenvalue weighted by Gasteiger charge is 2.04. The van der Waals surface area contributed by atoms with Crippen molar-refractivity contribution in [2.24, 2.45) is 0 Å². The molecule has 0 saturated carbocycles. The lowest BCUT2D eigenvalue weighted by molar-refractivity contribution is 0.628. The number of hydrogen-bond acceptors (Lipinski definition) is 3. The fourth-order valence-corrected chi connectivity index (χ4v) is 1.55. The molecule has 0 radical (unpaired) electrons. The third kappa shape index (κ3) is 2.64. The summed E-state index contributed by atoms with van der Waals surface area (Å²) in [7, 11) is 0. The van der Waals surface area contributed by atoms with Crippen LogP contribution >= 0.6 is 0 Å². The second-order valence-electron chi connectivity index (χ2n) is 3.65. The van der Waals surface area contributed by atoms with Gasteiger partial charge in [-0.25, -0.2) is 14.4 Å². The van der Waals surface area contributed by atoms with Gasteiger partial charge in [0, 0.05) is 11.3 Å². The molecule has 1 aromatic carbocycles. The van der Waals surface area contributed by atoms with Gasteiger partial charge >= 0.3 is 0 Å². The van der Waals surface area contributed by atoms with Crippen molar-refractivity contribution < 1.29 is 4.39 Å². The summed E-state index contributed by atoms with van der Waals surface area (Å²) in [4.78, 5) is 8.43. The molecule has 84 valence electrons. The molecule has 2 aromatic rings. The molecule has 2 rings (SSSR count). The molecule has 1 aromatic heterocycles. The molecule has 0 aliphatic carbocycles. The third-order valence-corrected chi connectivity index (χ3v) is 2.28. The molecule has 3 nitrogen and oxygen atoms in total. The highest BCUT2D eigenvalue weighted by atomic mass is 19.1. The maximum Gasteiger partial charge on any atom is 0.143 e. The summed E-state index contributed by atoms with van der Waals surface area (Å²) in [5, 5.41) is 8.63. The van der Waals surface area contributed by atoms with Crippen molar-refractivity contribution in [3.05, 3.63) is 47.7 Å². The van der Waals surface area contributed by atoms with Crippen LogP contribution in [-0.2, 0) is 6.42 Å². The van der Waals surface area contributed by atoms with Crippen molar-refractivity contribution in [2.45, 2.75) is 13.3 Å². The molecule has 0 spiro atoms. The lowest BCUT2D eigenvalue weighted by atomic mass is 10.1. The number of halogens is 1. The molecule has 4 heteroatoms. The van der Waals surface area contributed by atoms with Gasteiger partial charge in [-0.3, -0.25) is 0 Å². The molecule has 0 bridgehead atoms. The van der Waals surface area contributed by atoms with Crippen molar-refractivity contribution in [2.75, 3.05) is 0 Å². The van der Waals surface area contributed by atoms with Crippen molar-refractivity contribution >= 4 is 0 Å². The highest BCUT2D eigenvalue weighted by Crippen LogP contribution is 2.18. The molecular formula is C13H10FN3. The average molecular weight is 227 g/mol. The Kier molecular flexibility index (Phi) is 3.10. The van der Waals surface area contributed by atoms with E-state index in [0.29, 0.717) is 11.5 Å². The number of rotatable bonds is 2. The SMILES string of the molecule is Cc1cc(-c2ccc(F)cc2)nc(CC#N)n1. The number of nitriles is 1. The van der Waals surface area contributed by atoms with Crippen molar-refractivity contribution in [3.63, 3.8) is 0 Å². The molecule has 0 fully saturated rings. The van der Waals surface area contributed by atoms with Gasteiger partial charge in [0.1, 0.15) is 11.6 Å². The maximum atomic E-state index is 12.8. The van der Waals surface area contributed by atoms with E-state index in [4.69, 9.17) is 5.26 Å². The summed E-state index contributed by atoms with van der Waals surface area (Å²) >= 11 is 0. The topological polar surface area (TPSA) is 49.6 Å². The van der Waals surface area contributed by atoms with Crippen LogP contribution < -0.4 is 0 Å². The lowest BCUT2D eigenvalue weighted by Crippen LogP contribution is -1.98. The summed E-state index contributed by atoms with van der Waals surface area (Å²) in [5.41, 5.74) is 2.32. The van der Waals surface area contributed by atoms with Crippen LogP contribution in [0.3, 0.4) is 0 Å². The second-order valence-corrected chi connectivity index (χ2v) is 3.65. The number of aryl methyl sites for hydroxylation is 1. The Morgan fingerprint density at radius 1 is 1.24 bits per heavy atom. The van der Waals surface area contributed by atoms with Crippen LogP contribution in [0.5, 0.6) is 0 Å². The first-order valence-electron chi connectivity index (χ1n) is 5.16. The molecule has 0 saturated heterocycles. The van der Waals surface area contributed by atoms with Crippen LogP contribution in [0.4, 0.5) is 4.39 Å². The molecule has 17 heavy (non-hydrogen) atoms. The van der Waals surface area contributed by atoms with Crippen molar-refractivity contribution in [1.29, 1.82) is 5.26 Å². The standard InChI is InChI=1S/C13H10FN3/c1-9-8-12(17-13(16-9)6-7-15)10-2-4-11(14)5-3-10/h2-5,8H,6H2,1H3. The van der Waals surface area contributed by atoms with E-state index in [1.165, 1.54) is 12.1 Å². The Bertz CT molecular complexity index is 570. The first-order valence-corrected chi connectivity index (χ1v) is 5.16. The molecule has 0 aliphatic heterocycles. The Hall–Kier alpha value is -2.28. The number of hydrogen-bond donors (Lipinski definition) is 0. The second kappa shape index (κ2) is 4.71. The smallest absolute Gasteiger partial charge is 0.143 e. The van der Waals surface area contributed by atoms with E-state index in [2.05, 4.69) is 9.97 Å². The first-order chi connectivity index (χ1) is 8.19. The summed E-state index contributed by atoms with van der Waals surface area (Å²) in [6.07, 6.45) is 0.176. The molecule has 0 aliphatic rings. The Labute approximate surface area is 98.6 Å². The number of nitrogens with zero attached hydrogens (tertiary/aromatic N) is 3. The van der Waals surface area contributed by atoms with Crippen molar-refractivity contribution in [3.8, 4) is 17.3 Å². The van der Waals surface area contributed by atoms with Gasteiger partial charge in [-0.1, -0.05) is 0 Å². The Balaban J connectivity index is 2.45. The summed E-state index contributed by atoms with van der Waals surface area (Å²) in [6.45, 7) is 1.84. The zero-order valence-electron chi connectivity index (χ0n) is 9.31. The van der Waals surface area contributed by atoms with Crippen LogP contribution in [0.25, 0.3) is 11.3 Å². The van der Waals surface area contributed by atoms with E-state index in [-0.39, 0.29) is 12.2 Å². The zero-order valence-corrected chi connectivity index (χ0v) is 9.31. The monoisotopic (exact) mass is 227 g/mol. The van der Waals surface area contributed by atoms with E-state index in [1.54, 1.807) is 12.1 Å². The summed E-state index contributed by atoms with van der Waals surface area (Å²) in [5.74, 6) is 0.212. The zero-order chi connectivity index (χ0) is 12.3. The minimum atomic E-state index is -0.281. The molecule has 0 N–H and O–H groups in total. The lowest BCUT2D eigenvalue weighted by Gasteiger charge is -2.04. The average Bonchev–Trinajstić information content (AvgIpc) is 2.29. The Morgan fingerprint density at radius 2 is 1.94 bits per heavy atom. The summed E-state index contributed by atoms with van der Waals surface area (Å²) < 4.78 is 12.8. The number of aromatic nitrogens is 2. The normalized spacial score (nSPS) is 9.94. The largest absolute Gasteiger partial charge is 0.237 e. The number of benzene rings is 1. The predicted octanol–water partition coefficient (Wildman–Crippen LogP) is 2.66. The minimum absolute atomic E-state index is 0.176. The quantitative estimate of drug-likeness (QED) is 0.792. The van der Waals surface area contributed by atoms with Gasteiger partial charge < -0.3 is 0 Å². The van der Waals surface area contributed by atoms with Crippen molar-refractivity contribution in [1.82, 2.24) is 9.97 Å². The molecule has 1 heterocycles. The van der Waals surface area contributed by atoms with Crippen LogP contribution in [0, 0.1) is 24.1 Å². The van der Waals surface area contributed by atoms with Crippen LogP contribution in [0.1, 0.15) is 11.5 Å². The van der Waals surface area contributed by atoms with Gasteiger partial charge in [0.15, 0.2) is 0 Å². The highest BCUT2D eigenvalue weighted by molar-refractivity contribution is 5.59. The van der Waals surface area contributed by atoms with E-state index >= 15 is 0 Å². The van der Waals surface area contributed by atoms with E-state index in [0.717, 1.165) is 11.3 Å². The van der Waals surface area contributed by atoms with Gasteiger partial charge in [-0.05, 0) is 37.3 Å². The molecule has 0 amide bonds. The fourth-order valence-electron chi connectivity index (χ4n) is 1.55. The molecule has 0 unspecified atom stereocenters. The van der Waals surface area contributed by atoms with E-state index < -0.39 is 0 Å². The van der Waals surface area contributed by atoms with E-state index in [9.17, 15) is 4.39 Å². The fraction of sp³-hybridized carbons (Fsp3) is 0.154. The first kappa shape index (κ1) is 11.2.